The molecule has 2 saturated heterocycles. The van der Waals surface area contributed by atoms with Gasteiger partial charge in [-0.3, -0.25) is 0 Å². The fraction of sp³-hybridized carbons (Fsp3) is 0.875. The minimum Gasteiger partial charge on any atom is -0.480 e. The third-order valence-corrected chi connectivity index (χ3v) is 5.79. The highest BCUT2D eigenvalue weighted by Gasteiger charge is 2.47. The molecule has 5 heteroatoms. The fourth-order valence-electron chi connectivity index (χ4n) is 3.75. The second kappa shape index (κ2) is 5.85. The van der Waals surface area contributed by atoms with E-state index < -0.39 is 11.5 Å². The number of carboxylic acids is 1. The zero-order valence-corrected chi connectivity index (χ0v) is 13.5. The van der Waals surface area contributed by atoms with Gasteiger partial charge in [0, 0.05) is 19.6 Å². The van der Waals surface area contributed by atoms with Gasteiger partial charge in [0.15, 0.2) is 0 Å². The maximum absolute atomic E-state index is 12.8. The Kier molecular flexibility index (Phi) is 4.49. The summed E-state index contributed by atoms with van der Waals surface area (Å²) in [6, 6.07) is -0.0802. The number of aliphatic carboxylic acids is 1. The monoisotopic (exact) mass is 296 g/mol. The molecule has 1 unspecified atom stereocenters. The number of carboxylic acid groups (broad SMARTS) is 1. The van der Waals surface area contributed by atoms with Crippen molar-refractivity contribution in [3.05, 3.63) is 0 Å². The van der Waals surface area contributed by atoms with Gasteiger partial charge in [-0.25, -0.2) is 9.59 Å². The van der Waals surface area contributed by atoms with E-state index in [0.29, 0.717) is 13.0 Å². The van der Waals surface area contributed by atoms with Crippen molar-refractivity contribution in [2.75, 3.05) is 19.6 Å². The molecule has 0 spiro atoms. The lowest BCUT2D eigenvalue weighted by Gasteiger charge is -2.43. The molecular weight excluding hydrogens is 268 g/mol. The van der Waals surface area contributed by atoms with Crippen molar-refractivity contribution in [3.63, 3.8) is 0 Å². The first-order chi connectivity index (χ1) is 9.88. The van der Waals surface area contributed by atoms with E-state index in [1.165, 1.54) is 0 Å². The first-order valence-electron chi connectivity index (χ1n) is 8.18. The molecule has 5 nitrogen and oxygen atoms in total. The lowest BCUT2D eigenvalue weighted by molar-refractivity contribution is -0.150. The second-order valence-electron chi connectivity index (χ2n) is 6.85. The average Bonchev–Trinajstić information content (AvgIpc) is 2.92. The van der Waals surface area contributed by atoms with Crippen molar-refractivity contribution in [1.29, 1.82) is 0 Å². The van der Waals surface area contributed by atoms with Gasteiger partial charge < -0.3 is 14.9 Å². The molecule has 0 bridgehead atoms. The van der Waals surface area contributed by atoms with Gasteiger partial charge in [0.05, 0.1) is 0 Å². The van der Waals surface area contributed by atoms with Gasteiger partial charge in [0.25, 0.3) is 0 Å². The van der Waals surface area contributed by atoms with Gasteiger partial charge in [0.1, 0.15) is 5.54 Å². The Morgan fingerprint density at radius 2 is 1.76 bits per heavy atom. The molecule has 120 valence electrons. The third kappa shape index (κ3) is 2.74. The van der Waals surface area contributed by atoms with Crippen LogP contribution in [0.25, 0.3) is 0 Å². The normalized spacial score (nSPS) is 28.7. The van der Waals surface area contributed by atoms with E-state index in [9.17, 15) is 14.7 Å². The van der Waals surface area contributed by atoms with Crippen LogP contribution in [0.15, 0.2) is 0 Å². The summed E-state index contributed by atoms with van der Waals surface area (Å²) in [5.74, 6) is -0.882. The summed E-state index contributed by atoms with van der Waals surface area (Å²) in [5, 5.41) is 9.54. The molecular formula is C16H28N2O3. The van der Waals surface area contributed by atoms with Crippen LogP contribution in [-0.2, 0) is 4.79 Å². The number of carbonyl (C=O) groups is 2. The van der Waals surface area contributed by atoms with E-state index in [-0.39, 0.29) is 11.4 Å². The summed E-state index contributed by atoms with van der Waals surface area (Å²) >= 11 is 0. The summed E-state index contributed by atoms with van der Waals surface area (Å²) in [7, 11) is 0. The molecule has 0 aromatic heterocycles. The first-order valence-corrected chi connectivity index (χ1v) is 8.18. The number of hydrogen-bond acceptors (Lipinski definition) is 2. The summed E-state index contributed by atoms with van der Waals surface area (Å²) < 4.78 is 0. The molecule has 0 aliphatic carbocycles. The molecule has 2 aliphatic rings. The number of likely N-dealkylation sites (tertiary alicyclic amines) is 2. The molecule has 0 aromatic carbocycles. The number of amides is 2. The van der Waals surface area contributed by atoms with E-state index in [4.69, 9.17) is 0 Å². The minimum absolute atomic E-state index is 0.0802. The number of urea groups is 1. The maximum Gasteiger partial charge on any atom is 0.329 e. The Balaban J connectivity index is 2.14. The van der Waals surface area contributed by atoms with Crippen molar-refractivity contribution in [3.8, 4) is 0 Å². The standard InChI is InChI=1S/C16H28N2O3/c1-4-16(5-2)9-11-17(12-16)14(21)18-10-7-6-8-15(18,3)13(19)20/h4-12H2,1-3H3,(H,19,20). The largest absolute Gasteiger partial charge is 0.480 e. The Hall–Kier alpha value is -1.26. The molecule has 2 aliphatic heterocycles. The maximum atomic E-state index is 12.8. The van der Waals surface area contributed by atoms with Crippen molar-refractivity contribution >= 4 is 12.0 Å². The van der Waals surface area contributed by atoms with Crippen LogP contribution in [0.3, 0.4) is 0 Å². The van der Waals surface area contributed by atoms with Crippen molar-refractivity contribution in [2.45, 2.75) is 64.8 Å². The number of piperidine rings is 1. The highest BCUT2D eigenvalue weighted by molar-refractivity contribution is 5.86. The van der Waals surface area contributed by atoms with Gasteiger partial charge in [-0.05, 0) is 50.9 Å². The fourth-order valence-corrected chi connectivity index (χ4v) is 3.75. The van der Waals surface area contributed by atoms with Gasteiger partial charge >= 0.3 is 12.0 Å². The summed E-state index contributed by atoms with van der Waals surface area (Å²) in [6.07, 6.45) is 5.50. The molecule has 2 heterocycles. The van der Waals surface area contributed by atoms with Crippen LogP contribution in [0.2, 0.25) is 0 Å². The molecule has 1 atom stereocenters. The minimum atomic E-state index is -1.04. The lowest BCUT2D eigenvalue weighted by atomic mass is 9.82. The molecule has 0 aromatic rings. The Morgan fingerprint density at radius 1 is 1.10 bits per heavy atom. The van der Waals surface area contributed by atoms with E-state index >= 15 is 0 Å². The molecule has 2 amide bonds. The molecule has 1 N–H and O–H groups in total. The Bertz CT molecular complexity index is 420. The van der Waals surface area contributed by atoms with Gasteiger partial charge in [0.2, 0.25) is 0 Å². The van der Waals surface area contributed by atoms with E-state index in [1.54, 1.807) is 11.8 Å². The van der Waals surface area contributed by atoms with Crippen molar-refractivity contribution < 1.29 is 14.7 Å². The number of nitrogens with zero attached hydrogens (tertiary/aromatic N) is 2. The van der Waals surface area contributed by atoms with Crippen LogP contribution in [0.1, 0.15) is 59.3 Å². The molecule has 2 fully saturated rings. The average molecular weight is 296 g/mol. The van der Waals surface area contributed by atoms with Crippen molar-refractivity contribution in [1.82, 2.24) is 9.80 Å². The van der Waals surface area contributed by atoms with Crippen LogP contribution in [-0.4, -0.2) is 52.1 Å². The molecule has 2 rings (SSSR count). The zero-order valence-electron chi connectivity index (χ0n) is 13.5. The summed E-state index contributed by atoms with van der Waals surface area (Å²) in [5.41, 5.74) is -0.815. The lowest BCUT2D eigenvalue weighted by Crippen LogP contribution is -2.60. The van der Waals surface area contributed by atoms with Gasteiger partial charge in [-0.15, -0.1) is 0 Å². The molecule has 21 heavy (non-hydrogen) atoms. The van der Waals surface area contributed by atoms with Crippen molar-refractivity contribution in [2.24, 2.45) is 5.41 Å². The highest BCUT2D eigenvalue weighted by atomic mass is 16.4. The Labute approximate surface area is 127 Å². The number of hydrogen-bond donors (Lipinski definition) is 1. The quantitative estimate of drug-likeness (QED) is 0.871. The molecule has 0 saturated carbocycles. The summed E-state index contributed by atoms with van der Waals surface area (Å²) in [6.45, 7) is 8.13. The smallest absolute Gasteiger partial charge is 0.329 e. The van der Waals surface area contributed by atoms with E-state index in [0.717, 1.165) is 45.2 Å². The topological polar surface area (TPSA) is 60.9 Å². The van der Waals surface area contributed by atoms with Gasteiger partial charge in [-0.2, -0.15) is 0 Å². The van der Waals surface area contributed by atoms with E-state index in [2.05, 4.69) is 13.8 Å². The number of carbonyl (C=O) groups excluding carboxylic acids is 1. The van der Waals surface area contributed by atoms with Gasteiger partial charge in [-0.1, -0.05) is 13.8 Å². The first kappa shape index (κ1) is 16.1. The third-order valence-electron chi connectivity index (χ3n) is 5.79. The molecule has 0 radical (unpaired) electrons. The second-order valence-corrected chi connectivity index (χ2v) is 6.85. The zero-order chi connectivity index (χ0) is 15.7. The highest BCUT2D eigenvalue weighted by Crippen LogP contribution is 2.38. The predicted molar refractivity (Wildman–Crippen MR) is 81.2 cm³/mol. The van der Waals surface area contributed by atoms with Crippen LogP contribution in [0.4, 0.5) is 4.79 Å². The van der Waals surface area contributed by atoms with Crippen LogP contribution >= 0.6 is 0 Å². The summed E-state index contributed by atoms with van der Waals surface area (Å²) in [4.78, 5) is 27.9. The number of rotatable bonds is 3. The van der Waals surface area contributed by atoms with Crippen LogP contribution < -0.4 is 0 Å². The Morgan fingerprint density at radius 3 is 2.29 bits per heavy atom. The van der Waals surface area contributed by atoms with Crippen LogP contribution in [0.5, 0.6) is 0 Å². The van der Waals surface area contributed by atoms with E-state index in [1.807, 2.05) is 4.90 Å². The predicted octanol–water partition coefficient (Wildman–Crippen LogP) is 2.95. The van der Waals surface area contributed by atoms with Crippen LogP contribution in [0, 0.1) is 5.41 Å². The SMILES string of the molecule is CCC1(CC)CCN(C(=O)N2CCCCC2(C)C(=O)O)C1.